The number of carbonyl (C=O) groups excluding carboxylic acids is 2. The number of aromatic nitrogens is 2. The molecule has 2 heterocycles. The summed E-state index contributed by atoms with van der Waals surface area (Å²) >= 11 is 0. The van der Waals surface area contributed by atoms with Gasteiger partial charge in [-0.2, -0.15) is 0 Å². The minimum absolute atomic E-state index is 0.215. The summed E-state index contributed by atoms with van der Waals surface area (Å²) in [7, 11) is 1.85. The highest BCUT2D eigenvalue weighted by molar-refractivity contribution is 6.21. The van der Waals surface area contributed by atoms with E-state index in [1.807, 2.05) is 7.05 Å². The monoisotopic (exact) mass is 241 g/mol. The molecule has 2 aromatic rings. The van der Waals surface area contributed by atoms with Crippen molar-refractivity contribution in [3.05, 3.63) is 53.6 Å². The molecule has 0 bridgehead atoms. The van der Waals surface area contributed by atoms with E-state index in [0.717, 1.165) is 0 Å². The van der Waals surface area contributed by atoms with Crippen LogP contribution in [0.4, 0.5) is 0 Å². The highest BCUT2D eigenvalue weighted by Gasteiger charge is 2.35. The van der Waals surface area contributed by atoms with Gasteiger partial charge in [0.2, 0.25) is 0 Å². The molecule has 3 rings (SSSR count). The zero-order valence-corrected chi connectivity index (χ0v) is 9.83. The second-order valence-electron chi connectivity index (χ2n) is 4.27. The predicted molar refractivity (Wildman–Crippen MR) is 63.9 cm³/mol. The molecule has 2 amide bonds. The van der Waals surface area contributed by atoms with Crippen LogP contribution in [-0.2, 0) is 13.6 Å². The summed E-state index contributed by atoms with van der Waals surface area (Å²) in [6.07, 6.45) is 3.44. The average molecular weight is 241 g/mol. The van der Waals surface area contributed by atoms with Crippen LogP contribution < -0.4 is 0 Å². The fourth-order valence-corrected chi connectivity index (χ4v) is 2.09. The molecule has 5 nitrogen and oxygen atoms in total. The second kappa shape index (κ2) is 3.80. The van der Waals surface area contributed by atoms with E-state index in [1.54, 1.807) is 41.4 Å². The molecule has 1 aliphatic rings. The van der Waals surface area contributed by atoms with Gasteiger partial charge in [-0.3, -0.25) is 14.5 Å². The highest BCUT2D eigenvalue weighted by atomic mass is 16.2. The predicted octanol–water partition coefficient (Wildman–Crippen LogP) is 1.22. The van der Waals surface area contributed by atoms with Gasteiger partial charge in [-0.1, -0.05) is 12.1 Å². The first-order valence-electron chi connectivity index (χ1n) is 5.59. The molecular weight excluding hydrogens is 230 g/mol. The second-order valence-corrected chi connectivity index (χ2v) is 4.27. The molecule has 0 unspecified atom stereocenters. The minimum Gasteiger partial charge on any atom is -0.340 e. The molecule has 1 aromatic carbocycles. The van der Waals surface area contributed by atoms with Crippen molar-refractivity contribution in [2.45, 2.75) is 6.54 Å². The molecule has 1 aliphatic heterocycles. The van der Waals surface area contributed by atoms with Crippen molar-refractivity contribution in [2.75, 3.05) is 0 Å². The van der Waals surface area contributed by atoms with Crippen molar-refractivity contribution in [3.63, 3.8) is 0 Å². The van der Waals surface area contributed by atoms with Gasteiger partial charge in [-0.15, -0.1) is 0 Å². The van der Waals surface area contributed by atoms with Crippen LogP contribution in [-0.4, -0.2) is 26.3 Å². The Morgan fingerprint density at radius 2 is 1.72 bits per heavy atom. The van der Waals surface area contributed by atoms with Crippen LogP contribution in [0.3, 0.4) is 0 Å². The fourth-order valence-electron chi connectivity index (χ4n) is 2.09. The maximum absolute atomic E-state index is 12.1. The highest BCUT2D eigenvalue weighted by Crippen LogP contribution is 2.23. The maximum atomic E-state index is 12.1. The number of aryl methyl sites for hydroxylation is 1. The minimum atomic E-state index is -0.249. The maximum Gasteiger partial charge on any atom is 0.261 e. The Hall–Kier alpha value is -2.43. The summed E-state index contributed by atoms with van der Waals surface area (Å²) in [4.78, 5) is 29.5. The number of fused-ring (bicyclic) bond motifs is 1. The standard InChI is InChI=1S/C13H11N3O2/c1-15-6-9(14-8-15)7-16-12(17)10-4-2-3-5-11(10)13(16)18/h2-6,8H,7H2,1H3. The number of benzene rings is 1. The first-order valence-corrected chi connectivity index (χ1v) is 5.59. The van der Waals surface area contributed by atoms with E-state index < -0.39 is 0 Å². The Bertz CT molecular complexity index is 610. The third kappa shape index (κ3) is 1.52. The quantitative estimate of drug-likeness (QED) is 0.743. The van der Waals surface area contributed by atoms with E-state index in [9.17, 15) is 9.59 Å². The molecule has 0 fully saturated rings. The van der Waals surface area contributed by atoms with E-state index >= 15 is 0 Å². The lowest BCUT2D eigenvalue weighted by Crippen LogP contribution is -2.29. The van der Waals surface area contributed by atoms with Crippen molar-refractivity contribution >= 4 is 11.8 Å². The smallest absolute Gasteiger partial charge is 0.261 e. The molecule has 0 saturated carbocycles. The first kappa shape index (κ1) is 10.7. The summed E-state index contributed by atoms with van der Waals surface area (Å²) in [5.74, 6) is -0.498. The molecule has 90 valence electrons. The van der Waals surface area contributed by atoms with E-state index in [4.69, 9.17) is 0 Å². The number of carbonyl (C=O) groups is 2. The number of imidazole rings is 1. The van der Waals surface area contributed by atoms with Crippen molar-refractivity contribution < 1.29 is 9.59 Å². The number of nitrogens with zero attached hydrogens (tertiary/aromatic N) is 3. The summed E-state index contributed by atoms with van der Waals surface area (Å²) in [6.45, 7) is 0.215. The van der Waals surface area contributed by atoms with Crippen molar-refractivity contribution in [1.29, 1.82) is 0 Å². The first-order chi connectivity index (χ1) is 8.66. The zero-order valence-electron chi connectivity index (χ0n) is 9.83. The Kier molecular flexibility index (Phi) is 2.26. The molecule has 0 atom stereocenters. The third-order valence-electron chi connectivity index (χ3n) is 2.96. The third-order valence-corrected chi connectivity index (χ3v) is 2.96. The molecule has 1 aromatic heterocycles. The van der Waals surface area contributed by atoms with Gasteiger partial charge in [-0.05, 0) is 12.1 Å². The summed E-state index contributed by atoms with van der Waals surface area (Å²) in [5, 5.41) is 0. The number of hydrogen-bond donors (Lipinski definition) is 0. The zero-order chi connectivity index (χ0) is 12.7. The normalized spacial score (nSPS) is 14.2. The lowest BCUT2D eigenvalue weighted by molar-refractivity contribution is 0.0640. The Balaban J connectivity index is 1.92. The van der Waals surface area contributed by atoms with Gasteiger partial charge < -0.3 is 4.57 Å². The summed E-state index contributed by atoms with van der Waals surface area (Å²) in [5.41, 5.74) is 1.64. The van der Waals surface area contributed by atoms with Crippen LogP contribution in [0.5, 0.6) is 0 Å². The summed E-state index contributed by atoms with van der Waals surface area (Å²) < 4.78 is 1.79. The SMILES string of the molecule is Cn1cnc(CN2C(=O)c3ccccc3C2=O)c1. The fraction of sp³-hybridized carbons (Fsp3) is 0.154. The van der Waals surface area contributed by atoms with Crippen LogP contribution >= 0.6 is 0 Å². The van der Waals surface area contributed by atoms with Crippen LogP contribution in [0.2, 0.25) is 0 Å². The molecular formula is C13H11N3O2. The molecule has 5 heteroatoms. The number of hydrogen-bond acceptors (Lipinski definition) is 3. The van der Waals surface area contributed by atoms with E-state index in [0.29, 0.717) is 16.8 Å². The topological polar surface area (TPSA) is 55.2 Å². The largest absolute Gasteiger partial charge is 0.340 e. The van der Waals surface area contributed by atoms with Crippen LogP contribution in [0, 0.1) is 0 Å². The number of imide groups is 1. The van der Waals surface area contributed by atoms with Gasteiger partial charge in [0.05, 0.1) is 29.7 Å². The van der Waals surface area contributed by atoms with Crippen molar-refractivity contribution in [3.8, 4) is 0 Å². The molecule has 0 radical (unpaired) electrons. The average Bonchev–Trinajstić information content (AvgIpc) is 2.88. The Morgan fingerprint density at radius 1 is 1.11 bits per heavy atom. The van der Waals surface area contributed by atoms with Crippen molar-refractivity contribution in [2.24, 2.45) is 7.05 Å². The van der Waals surface area contributed by atoms with Crippen LogP contribution in [0.15, 0.2) is 36.8 Å². The van der Waals surface area contributed by atoms with E-state index in [2.05, 4.69) is 4.98 Å². The molecule has 0 saturated heterocycles. The van der Waals surface area contributed by atoms with Gasteiger partial charge in [0.1, 0.15) is 0 Å². The molecule has 18 heavy (non-hydrogen) atoms. The van der Waals surface area contributed by atoms with E-state index in [-0.39, 0.29) is 18.4 Å². The number of amides is 2. The summed E-state index contributed by atoms with van der Waals surface area (Å²) in [6, 6.07) is 6.87. The molecule has 0 N–H and O–H groups in total. The lowest BCUT2D eigenvalue weighted by Gasteiger charge is -2.11. The van der Waals surface area contributed by atoms with Gasteiger partial charge in [0, 0.05) is 13.2 Å². The Labute approximate surface area is 104 Å². The Morgan fingerprint density at radius 3 is 2.22 bits per heavy atom. The van der Waals surface area contributed by atoms with Gasteiger partial charge in [-0.25, -0.2) is 4.98 Å². The molecule has 0 aliphatic carbocycles. The van der Waals surface area contributed by atoms with Crippen LogP contribution in [0.1, 0.15) is 26.4 Å². The van der Waals surface area contributed by atoms with E-state index in [1.165, 1.54) is 4.90 Å². The molecule has 0 spiro atoms. The van der Waals surface area contributed by atoms with Crippen molar-refractivity contribution in [1.82, 2.24) is 14.5 Å². The number of rotatable bonds is 2. The lowest BCUT2D eigenvalue weighted by atomic mass is 10.1. The van der Waals surface area contributed by atoms with Gasteiger partial charge >= 0.3 is 0 Å². The van der Waals surface area contributed by atoms with Gasteiger partial charge in [0.25, 0.3) is 11.8 Å². The van der Waals surface area contributed by atoms with Gasteiger partial charge in [0.15, 0.2) is 0 Å². The van der Waals surface area contributed by atoms with Crippen LogP contribution in [0.25, 0.3) is 0 Å².